The number of anilines is 2. The standard InChI is InChI=1S/C13H15N3O3S/c1-7-5-8(19-2)3-4-9(7)15-13-16-10(6-20-13)11(14)12(17)18/h3-6,11H,14H2,1-2H3,(H,15,16)(H,17,18). The summed E-state index contributed by atoms with van der Waals surface area (Å²) in [4.78, 5) is 15.0. The molecule has 1 atom stereocenters. The molecule has 1 aromatic carbocycles. The third kappa shape index (κ3) is 3.06. The first-order chi connectivity index (χ1) is 9.51. The quantitative estimate of drug-likeness (QED) is 0.782. The summed E-state index contributed by atoms with van der Waals surface area (Å²) >= 11 is 1.31. The molecule has 0 aliphatic heterocycles. The van der Waals surface area contributed by atoms with Crippen molar-refractivity contribution in [1.82, 2.24) is 4.98 Å². The number of rotatable bonds is 5. The summed E-state index contributed by atoms with van der Waals surface area (Å²) < 4.78 is 5.14. The van der Waals surface area contributed by atoms with Crippen molar-refractivity contribution in [1.29, 1.82) is 0 Å². The fourth-order valence-electron chi connectivity index (χ4n) is 1.63. The van der Waals surface area contributed by atoms with Crippen LogP contribution in [0.1, 0.15) is 17.3 Å². The molecule has 2 rings (SSSR count). The normalized spacial score (nSPS) is 11.9. The van der Waals surface area contributed by atoms with Crippen molar-refractivity contribution in [2.45, 2.75) is 13.0 Å². The number of carboxylic acids is 1. The summed E-state index contributed by atoms with van der Waals surface area (Å²) in [5.74, 6) is -0.316. The highest BCUT2D eigenvalue weighted by Crippen LogP contribution is 2.27. The molecule has 0 spiro atoms. The number of aromatic nitrogens is 1. The molecule has 0 saturated heterocycles. The van der Waals surface area contributed by atoms with E-state index in [-0.39, 0.29) is 0 Å². The van der Waals surface area contributed by atoms with Gasteiger partial charge in [-0.1, -0.05) is 0 Å². The van der Waals surface area contributed by atoms with E-state index in [0.29, 0.717) is 10.8 Å². The lowest BCUT2D eigenvalue weighted by molar-refractivity contribution is -0.138. The van der Waals surface area contributed by atoms with Crippen LogP contribution in [0.5, 0.6) is 5.75 Å². The Hall–Kier alpha value is -2.12. The third-order valence-corrected chi connectivity index (χ3v) is 3.56. The molecule has 0 amide bonds. The lowest BCUT2D eigenvalue weighted by Gasteiger charge is -2.08. The van der Waals surface area contributed by atoms with Crippen LogP contribution in [0.15, 0.2) is 23.6 Å². The minimum absolute atomic E-state index is 0.344. The predicted molar refractivity (Wildman–Crippen MR) is 77.7 cm³/mol. The number of nitrogens with two attached hydrogens (primary N) is 1. The number of methoxy groups -OCH3 is 1. The second kappa shape index (κ2) is 5.89. The van der Waals surface area contributed by atoms with E-state index >= 15 is 0 Å². The Morgan fingerprint density at radius 3 is 2.90 bits per heavy atom. The maximum atomic E-state index is 10.8. The van der Waals surface area contributed by atoms with Gasteiger partial charge in [0.15, 0.2) is 5.13 Å². The van der Waals surface area contributed by atoms with E-state index < -0.39 is 12.0 Å². The van der Waals surface area contributed by atoms with E-state index in [1.807, 2.05) is 25.1 Å². The van der Waals surface area contributed by atoms with E-state index in [4.69, 9.17) is 15.6 Å². The summed E-state index contributed by atoms with van der Waals surface area (Å²) in [6.45, 7) is 1.95. The predicted octanol–water partition coefficient (Wildman–Crippen LogP) is 2.29. The molecular formula is C13H15N3O3S. The number of carbonyl (C=O) groups is 1. The van der Waals surface area contributed by atoms with Crippen molar-refractivity contribution < 1.29 is 14.6 Å². The molecule has 7 heteroatoms. The Morgan fingerprint density at radius 1 is 1.55 bits per heavy atom. The maximum Gasteiger partial charge on any atom is 0.326 e. The van der Waals surface area contributed by atoms with E-state index in [1.165, 1.54) is 11.3 Å². The fourth-order valence-corrected chi connectivity index (χ4v) is 2.39. The minimum atomic E-state index is -1.10. The smallest absolute Gasteiger partial charge is 0.326 e. The molecule has 6 nitrogen and oxygen atoms in total. The van der Waals surface area contributed by atoms with Crippen LogP contribution in [0.3, 0.4) is 0 Å². The fraction of sp³-hybridized carbons (Fsp3) is 0.231. The van der Waals surface area contributed by atoms with E-state index in [2.05, 4.69) is 10.3 Å². The van der Waals surface area contributed by atoms with Gasteiger partial charge < -0.3 is 20.9 Å². The van der Waals surface area contributed by atoms with Crippen molar-refractivity contribution in [3.05, 3.63) is 34.8 Å². The van der Waals surface area contributed by atoms with Crippen molar-refractivity contribution >= 4 is 28.1 Å². The highest BCUT2D eigenvalue weighted by Gasteiger charge is 2.17. The zero-order valence-corrected chi connectivity index (χ0v) is 11.9. The largest absolute Gasteiger partial charge is 0.497 e. The molecule has 0 fully saturated rings. The van der Waals surface area contributed by atoms with Gasteiger partial charge >= 0.3 is 5.97 Å². The van der Waals surface area contributed by atoms with Crippen molar-refractivity contribution in [2.24, 2.45) is 5.73 Å². The number of aliphatic carboxylic acids is 1. The van der Waals surface area contributed by atoms with Crippen LogP contribution in [0.25, 0.3) is 0 Å². The number of benzene rings is 1. The number of nitrogens with zero attached hydrogens (tertiary/aromatic N) is 1. The first-order valence-electron chi connectivity index (χ1n) is 5.86. The summed E-state index contributed by atoms with van der Waals surface area (Å²) in [5.41, 5.74) is 7.74. The first-order valence-corrected chi connectivity index (χ1v) is 6.74. The molecule has 20 heavy (non-hydrogen) atoms. The summed E-state index contributed by atoms with van der Waals surface area (Å²) in [6.07, 6.45) is 0. The highest BCUT2D eigenvalue weighted by atomic mass is 32.1. The van der Waals surface area contributed by atoms with E-state index in [1.54, 1.807) is 12.5 Å². The second-order valence-electron chi connectivity index (χ2n) is 4.20. The zero-order chi connectivity index (χ0) is 14.7. The monoisotopic (exact) mass is 293 g/mol. The molecule has 0 aliphatic rings. The molecule has 0 bridgehead atoms. The molecule has 2 aromatic rings. The Bertz CT molecular complexity index is 627. The number of thiazole rings is 1. The molecule has 1 aromatic heterocycles. The van der Waals surface area contributed by atoms with Crippen LogP contribution in [-0.2, 0) is 4.79 Å². The van der Waals surface area contributed by atoms with Crippen molar-refractivity contribution in [3.8, 4) is 5.75 Å². The van der Waals surface area contributed by atoms with E-state index in [0.717, 1.165) is 17.0 Å². The zero-order valence-electron chi connectivity index (χ0n) is 11.1. The van der Waals surface area contributed by atoms with Gasteiger partial charge in [-0.3, -0.25) is 4.79 Å². The summed E-state index contributed by atoms with van der Waals surface area (Å²) in [6, 6.07) is 4.53. The number of nitrogens with one attached hydrogen (secondary N) is 1. The molecule has 106 valence electrons. The first kappa shape index (κ1) is 14.3. The average molecular weight is 293 g/mol. The Balaban J connectivity index is 2.16. The van der Waals surface area contributed by atoms with Crippen LogP contribution in [0, 0.1) is 6.92 Å². The van der Waals surface area contributed by atoms with Crippen LogP contribution in [0.2, 0.25) is 0 Å². The van der Waals surface area contributed by atoms with Gasteiger partial charge in [0.1, 0.15) is 11.8 Å². The Labute approximate surface area is 120 Å². The number of hydrogen-bond acceptors (Lipinski definition) is 6. The number of hydrogen-bond donors (Lipinski definition) is 3. The van der Waals surface area contributed by atoms with Crippen LogP contribution < -0.4 is 15.8 Å². The van der Waals surface area contributed by atoms with Crippen LogP contribution in [0.4, 0.5) is 10.8 Å². The molecule has 0 radical (unpaired) electrons. The number of ether oxygens (including phenoxy) is 1. The Morgan fingerprint density at radius 2 is 2.30 bits per heavy atom. The van der Waals surface area contributed by atoms with Crippen LogP contribution >= 0.6 is 11.3 Å². The van der Waals surface area contributed by atoms with E-state index in [9.17, 15) is 4.79 Å². The second-order valence-corrected chi connectivity index (χ2v) is 5.06. The minimum Gasteiger partial charge on any atom is -0.497 e. The van der Waals surface area contributed by atoms with Gasteiger partial charge in [-0.25, -0.2) is 4.98 Å². The van der Waals surface area contributed by atoms with Gasteiger partial charge in [0.05, 0.1) is 12.8 Å². The van der Waals surface area contributed by atoms with Crippen LogP contribution in [-0.4, -0.2) is 23.2 Å². The summed E-state index contributed by atoms with van der Waals surface area (Å²) in [5, 5.41) is 14.2. The average Bonchev–Trinajstić information content (AvgIpc) is 2.88. The van der Waals surface area contributed by atoms with Crippen molar-refractivity contribution in [3.63, 3.8) is 0 Å². The molecule has 1 unspecified atom stereocenters. The molecule has 1 heterocycles. The number of carboxylic acid groups (broad SMARTS) is 1. The molecular weight excluding hydrogens is 278 g/mol. The Kier molecular flexibility index (Phi) is 4.21. The number of aryl methyl sites for hydroxylation is 1. The topological polar surface area (TPSA) is 97.5 Å². The van der Waals surface area contributed by atoms with Gasteiger partial charge in [0.25, 0.3) is 0 Å². The lowest BCUT2D eigenvalue weighted by atomic mass is 10.2. The lowest BCUT2D eigenvalue weighted by Crippen LogP contribution is -2.20. The molecule has 0 aliphatic carbocycles. The van der Waals surface area contributed by atoms with Gasteiger partial charge in [0, 0.05) is 11.1 Å². The van der Waals surface area contributed by atoms with Crippen molar-refractivity contribution in [2.75, 3.05) is 12.4 Å². The van der Waals surface area contributed by atoms with Gasteiger partial charge in [0.2, 0.25) is 0 Å². The molecule has 0 saturated carbocycles. The van der Waals surface area contributed by atoms with Gasteiger partial charge in [-0.15, -0.1) is 11.3 Å². The SMILES string of the molecule is COc1ccc(Nc2nc(C(N)C(=O)O)cs2)c(C)c1. The maximum absolute atomic E-state index is 10.8. The van der Waals surface area contributed by atoms with Gasteiger partial charge in [-0.05, 0) is 30.7 Å². The third-order valence-electron chi connectivity index (χ3n) is 2.78. The molecule has 4 N–H and O–H groups in total. The summed E-state index contributed by atoms with van der Waals surface area (Å²) in [7, 11) is 1.61. The highest BCUT2D eigenvalue weighted by molar-refractivity contribution is 7.13. The van der Waals surface area contributed by atoms with Gasteiger partial charge in [-0.2, -0.15) is 0 Å².